The molecule has 0 aliphatic carbocycles. The fourth-order valence-electron chi connectivity index (χ4n) is 3.05. The Morgan fingerprint density at radius 3 is 2.19 bits per heavy atom. The molecule has 0 spiro atoms. The van der Waals surface area contributed by atoms with Crippen molar-refractivity contribution in [3.05, 3.63) is 60.8 Å². The third kappa shape index (κ3) is 3.66. The zero-order valence-electron chi connectivity index (χ0n) is 14.4. The zero-order valence-corrected chi connectivity index (χ0v) is 14.4. The maximum Gasteiger partial charge on any atom is 0.223 e. The van der Waals surface area contributed by atoms with Gasteiger partial charge in [0.15, 0.2) is 0 Å². The molecule has 0 amide bonds. The largest absolute Gasteiger partial charge is 0.368 e. The first-order valence-electron chi connectivity index (χ1n) is 8.65. The van der Waals surface area contributed by atoms with Gasteiger partial charge < -0.3 is 20.9 Å². The molecular weight excluding hydrogens is 326 g/mol. The smallest absolute Gasteiger partial charge is 0.223 e. The summed E-state index contributed by atoms with van der Waals surface area (Å²) in [5, 5.41) is 3.28. The van der Waals surface area contributed by atoms with Crippen LogP contribution in [-0.2, 0) is 0 Å². The Bertz CT molecular complexity index is 846. The number of pyridine rings is 1. The van der Waals surface area contributed by atoms with Crippen molar-refractivity contribution in [3.63, 3.8) is 0 Å². The van der Waals surface area contributed by atoms with E-state index in [1.165, 1.54) is 0 Å². The molecule has 7 nitrogen and oxygen atoms in total. The molecule has 132 valence electrons. The van der Waals surface area contributed by atoms with Crippen molar-refractivity contribution < 1.29 is 0 Å². The van der Waals surface area contributed by atoms with Crippen molar-refractivity contribution in [3.8, 4) is 0 Å². The van der Waals surface area contributed by atoms with Crippen molar-refractivity contribution in [2.24, 2.45) is 0 Å². The molecule has 1 saturated heterocycles. The van der Waals surface area contributed by atoms with Crippen LogP contribution in [0.4, 0.5) is 29.1 Å². The van der Waals surface area contributed by atoms with E-state index in [9.17, 15) is 0 Å². The third-order valence-corrected chi connectivity index (χ3v) is 4.35. The molecule has 4 rings (SSSR count). The Labute approximate surface area is 152 Å². The van der Waals surface area contributed by atoms with Gasteiger partial charge in [0.1, 0.15) is 17.5 Å². The summed E-state index contributed by atoms with van der Waals surface area (Å²) in [5.41, 5.74) is 6.90. The minimum Gasteiger partial charge on any atom is -0.368 e. The Balaban J connectivity index is 1.46. The summed E-state index contributed by atoms with van der Waals surface area (Å²) in [7, 11) is 0. The van der Waals surface area contributed by atoms with Gasteiger partial charge in [-0.05, 0) is 24.3 Å². The molecule has 1 aliphatic rings. The van der Waals surface area contributed by atoms with E-state index in [4.69, 9.17) is 5.73 Å². The number of hydrogen-bond donors (Lipinski definition) is 2. The lowest BCUT2D eigenvalue weighted by Gasteiger charge is -2.36. The number of hydrogen-bond acceptors (Lipinski definition) is 7. The maximum absolute atomic E-state index is 5.93. The topological polar surface area (TPSA) is 83.2 Å². The molecule has 3 aromatic rings. The second-order valence-electron chi connectivity index (χ2n) is 6.12. The van der Waals surface area contributed by atoms with Gasteiger partial charge >= 0.3 is 0 Å². The fourth-order valence-corrected chi connectivity index (χ4v) is 3.05. The van der Waals surface area contributed by atoms with Crippen LogP contribution >= 0.6 is 0 Å². The number of anilines is 5. The molecule has 2 aromatic heterocycles. The van der Waals surface area contributed by atoms with Crippen LogP contribution in [0.2, 0.25) is 0 Å². The molecule has 26 heavy (non-hydrogen) atoms. The highest BCUT2D eigenvalue weighted by Crippen LogP contribution is 2.22. The number of rotatable bonds is 4. The van der Waals surface area contributed by atoms with E-state index in [-0.39, 0.29) is 5.95 Å². The second kappa shape index (κ2) is 7.26. The number of nitrogen functional groups attached to an aromatic ring is 1. The summed E-state index contributed by atoms with van der Waals surface area (Å²) in [6.07, 6.45) is 1.83. The van der Waals surface area contributed by atoms with Crippen LogP contribution < -0.4 is 20.9 Å². The predicted molar refractivity (Wildman–Crippen MR) is 105 cm³/mol. The van der Waals surface area contributed by atoms with Gasteiger partial charge in [-0.3, -0.25) is 0 Å². The molecule has 0 bridgehead atoms. The lowest BCUT2D eigenvalue weighted by Crippen LogP contribution is -2.47. The van der Waals surface area contributed by atoms with E-state index >= 15 is 0 Å². The van der Waals surface area contributed by atoms with Gasteiger partial charge in [-0.15, -0.1) is 0 Å². The Kier molecular flexibility index (Phi) is 4.51. The third-order valence-electron chi connectivity index (χ3n) is 4.35. The summed E-state index contributed by atoms with van der Waals surface area (Å²) in [6, 6.07) is 17.8. The summed E-state index contributed by atoms with van der Waals surface area (Å²) < 4.78 is 0. The van der Waals surface area contributed by atoms with Crippen LogP contribution in [-0.4, -0.2) is 41.1 Å². The quantitative estimate of drug-likeness (QED) is 0.750. The van der Waals surface area contributed by atoms with Crippen LogP contribution in [0.1, 0.15) is 0 Å². The van der Waals surface area contributed by atoms with Crippen LogP contribution in [0.25, 0.3) is 0 Å². The molecule has 3 N–H and O–H groups in total. The molecule has 1 aliphatic heterocycles. The first-order valence-corrected chi connectivity index (χ1v) is 8.65. The Morgan fingerprint density at radius 1 is 0.808 bits per heavy atom. The van der Waals surface area contributed by atoms with Gasteiger partial charge in [-0.2, -0.15) is 9.97 Å². The number of nitrogens with two attached hydrogens (primary N) is 1. The molecular formula is C19H21N7. The van der Waals surface area contributed by atoms with Crippen molar-refractivity contribution in [2.45, 2.75) is 0 Å². The van der Waals surface area contributed by atoms with Gasteiger partial charge in [0.25, 0.3) is 0 Å². The van der Waals surface area contributed by atoms with Gasteiger partial charge in [-0.25, -0.2) is 4.98 Å². The Morgan fingerprint density at radius 2 is 1.50 bits per heavy atom. The molecule has 1 aromatic carbocycles. The molecule has 7 heteroatoms. The highest BCUT2D eigenvalue weighted by atomic mass is 15.3. The normalized spacial score (nSPS) is 14.3. The van der Waals surface area contributed by atoms with Crippen LogP contribution in [0.5, 0.6) is 0 Å². The van der Waals surface area contributed by atoms with E-state index in [0.29, 0.717) is 5.82 Å². The van der Waals surface area contributed by atoms with E-state index in [0.717, 1.165) is 43.5 Å². The minimum absolute atomic E-state index is 0.271. The molecule has 0 saturated carbocycles. The molecule has 1 fully saturated rings. The predicted octanol–water partition coefficient (Wildman–Crippen LogP) is 2.52. The molecule has 3 heterocycles. The SMILES string of the molecule is Nc1nc(Nc2ccccc2)cc(N2CCN(c3ccccn3)CC2)n1. The number of benzene rings is 1. The van der Waals surface area contributed by atoms with Crippen molar-refractivity contribution in [1.29, 1.82) is 0 Å². The van der Waals surface area contributed by atoms with Crippen LogP contribution in [0, 0.1) is 0 Å². The van der Waals surface area contributed by atoms with Gasteiger partial charge in [0.05, 0.1) is 0 Å². The number of nitrogens with one attached hydrogen (secondary N) is 1. The summed E-state index contributed by atoms with van der Waals surface area (Å²) >= 11 is 0. The minimum atomic E-state index is 0.271. The lowest BCUT2D eigenvalue weighted by molar-refractivity contribution is 0.641. The van der Waals surface area contributed by atoms with Gasteiger partial charge in [-0.1, -0.05) is 24.3 Å². The van der Waals surface area contributed by atoms with Crippen LogP contribution in [0.15, 0.2) is 60.8 Å². The van der Waals surface area contributed by atoms with Gasteiger partial charge in [0.2, 0.25) is 5.95 Å². The number of aromatic nitrogens is 3. The van der Waals surface area contributed by atoms with E-state index < -0.39 is 0 Å². The van der Waals surface area contributed by atoms with Crippen molar-refractivity contribution in [2.75, 3.05) is 47.0 Å². The van der Waals surface area contributed by atoms with Gasteiger partial charge in [0, 0.05) is 44.1 Å². The lowest BCUT2D eigenvalue weighted by atomic mass is 10.3. The van der Waals surface area contributed by atoms with Crippen molar-refractivity contribution >= 4 is 29.1 Å². The standard InChI is InChI=1S/C19H21N7/c20-19-23-16(22-15-6-2-1-3-7-15)14-18(24-19)26-12-10-25(11-13-26)17-8-4-5-9-21-17/h1-9,14H,10-13H2,(H3,20,22,23,24). The summed E-state index contributed by atoms with van der Waals surface area (Å²) in [5.74, 6) is 2.83. The number of para-hydroxylation sites is 1. The maximum atomic E-state index is 5.93. The number of nitrogens with zero attached hydrogens (tertiary/aromatic N) is 5. The average Bonchev–Trinajstić information content (AvgIpc) is 2.69. The van der Waals surface area contributed by atoms with E-state index in [1.807, 2.05) is 60.8 Å². The average molecular weight is 347 g/mol. The second-order valence-corrected chi connectivity index (χ2v) is 6.12. The highest BCUT2D eigenvalue weighted by Gasteiger charge is 2.20. The van der Waals surface area contributed by atoms with E-state index in [1.54, 1.807) is 0 Å². The van der Waals surface area contributed by atoms with E-state index in [2.05, 4.69) is 30.1 Å². The molecule has 0 unspecified atom stereocenters. The highest BCUT2D eigenvalue weighted by molar-refractivity contribution is 5.61. The summed E-state index contributed by atoms with van der Waals surface area (Å²) in [4.78, 5) is 17.6. The van der Waals surface area contributed by atoms with Crippen LogP contribution in [0.3, 0.4) is 0 Å². The first kappa shape index (κ1) is 16.1. The zero-order chi connectivity index (χ0) is 17.8. The Hall–Kier alpha value is -3.35. The number of piperazine rings is 1. The monoisotopic (exact) mass is 347 g/mol. The fraction of sp³-hybridized carbons (Fsp3) is 0.211. The molecule has 0 atom stereocenters. The first-order chi connectivity index (χ1) is 12.8. The van der Waals surface area contributed by atoms with Crippen molar-refractivity contribution in [1.82, 2.24) is 15.0 Å². The summed E-state index contributed by atoms with van der Waals surface area (Å²) in [6.45, 7) is 3.50. The molecule has 0 radical (unpaired) electrons.